The standard InChI is InChI=1S/C27H25N5O3S2/c1-4-21(36-27-31-30-22-14-16(2)19-12-8-9-13-20(19)32(22)27)24(33)29-26-28-17(3)23(37-26)25(34)35-15-18-10-6-5-7-11-18/h5-14,21H,4,15H2,1-3H3,(H,28,29,33). The highest BCUT2D eigenvalue weighted by Gasteiger charge is 2.24. The average molecular weight is 532 g/mol. The fraction of sp³-hybridized carbons (Fsp3) is 0.222. The molecule has 188 valence electrons. The first-order chi connectivity index (χ1) is 17.9. The van der Waals surface area contributed by atoms with Crippen LogP contribution in [0.1, 0.15) is 39.8 Å². The molecular formula is C27H25N5O3S2. The van der Waals surface area contributed by atoms with Gasteiger partial charge in [-0.3, -0.25) is 9.20 Å². The minimum absolute atomic E-state index is 0.174. The lowest BCUT2D eigenvalue weighted by Gasteiger charge is -2.13. The van der Waals surface area contributed by atoms with Crippen LogP contribution < -0.4 is 5.32 Å². The lowest BCUT2D eigenvalue weighted by molar-refractivity contribution is -0.115. The molecule has 37 heavy (non-hydrogen) atoms. The van der Waals surface area contributed by atoms with Crippen molar-refractivity contribution in [2.75, 3.05) is 5.32 Å². The van der Waals surface area contributed by atoms with E-state index in [2.05, 4.69) is 26.6 Å². The topological polar surface area (TPSA) is 98.5 Å². The maximum Gasteiger partial charge on any atom is 0.350 e. The van der Waals surface area contributed by atoms with E-state index in [0.29, 0.717) is 27.3 Å². The fourth-order valence-corrected chi connectivity index (χ4v) is 5.85. The van der Waals surface area contributed by atoms with Gasteiger partial charge in [0.25, 0.3) is 0 Å². The number of nitrogens with one attached hydrogen (secondary N) is 1. The summed E-state index contributed by atoms with van der Waals surface area (Å²) in [6, 6.07) is 19.5. The van der Waals surface area contributed by atoms with Crippen LogP contribution in [0.25, 0.3) is 16.6 Å². The van der Waals surface area contributed by atoms with Gasteiger partial charge in [-0.05, 0) is 43.5 Å². The highest BCUT2D eigenvalue weighted by molar-refractivity contribution is 8.00. The smallest absolute Gasteiger partial charge is 0.350 e. The number of aromatic nitrogens is 4. The van der Waals surface area contributed by atoms with E-state index in [1.807, 2.05) is 72.8 Å². The van der Waals surface area contributed by atoms with Crippen molar-refractivity contribution in [2.45, 2.75) is 44.2 Å². The number of para-hydroxylation sites is 1. The average Bonchev–Trinajstić information content (AvgIpc) is 3.49. The first kappa shape index (κ1) is 24.9. The Bertz CT molecular complexity index is 1600. The minimum Gasteiger partial charge on any atom is -0.457 e. The van der Waals surface area contributed by atoms with Crippen LogP contribution in [0.2, 0.25) is 0 Å². The van der Waals surface area contributed by atoms with Crippen LogP contribution in [0.3, 0.4) is 0 Å². The predicted octanol–water partition coefficient (Wildman–Crippen LogP) is 5.82. The summed E-state index contributed by atoms with van der Waals surface area (Å²) >= 11 is 2.47. The molecule has 0 spiro atoms. The van der Waals surface area contributed by atoms with Gasteiger partial charge in [0.15, 0.2) is 15.9 Å². The molecule has 8 nitrogen and oxygen atoms in total. The van der Waals surface area contributed by atoms with Crippen LogP contribution in [-0.4, -0.2) is 36.7 Å². The van der Waals surface area contributed by atoms with E-state index in [1.54, 1.807) is 6.92 Å². The fourth-order valence-electron chi connectivity index (χ4n) is 4.01. The molecule has 1 atom stereocenters. The SMILES string of the molecule is CCC(Sc1nnc2cc(C)c3ccccc3n12)C(=O)Nc1nc(C)c(C(=O)OCc2ccccc2)s1. The van der Waals surface area contributed by atoms with E-state index >= 15 is 0 Å². The lowest BCUT2D eigenvalue weighted by Crippen LogP contribution is -2.24. The highest BCUT2D eigenvalue weighted by atomic mass is 32.2. The number of hydrogen-bond donors (Lipinski definition) is 1. The summed E-state index contributed by atoms with van der Waals surface area (Å²) in [5.74, 6) is -0.670. The van der Waals surface area contributed by atoms with Crippen molar-refractivity contribution in [2.24, 2.45) is 0 Å². The molecule has 3 aromatic heterocycles. The van der Waals surface area contributed by atoms with Crippen LogP contribution in [-0.2, 0) is 16.1 Å². The number of anilines is 1. The Hall–Kier alpha value is -3.76. The van der Waals surface area contributed by atoms with Crippen molar-refractivity contribution in [3.63, 3.8) is 0 Å². The van der Waals surface area contributed by atoms with Crippen LogP contribution in [0.4, 0.5) is 5.13 Å². The van der Waals surface area contributed by atoms with Gasteiger partial charge < -0.3 is 10.1 Å². The number of fused-ring (bicyclic) bond motifs is 3. The normalized spacial score (nSPS) is 12.1. The summed E-state index contributed by atoms with van der Waals surface area (Å²) in [6.07, 6.45) is 0.575. The number of thiazole rings is 1. The number of nitrogens with zero attached hydrogens (tertiary/aromatic N) is 4. The van der Waals surface area contributed by atoms with Gasteiger partial charge in [-0.1, -0.05) is 78.6 Å². The molecule has 0 aliphatic rings. The quantitative estimate of drug-likeness (QED) is 0.199. The van der Waals surface area contributed by atoms with E-state index in [4.69, 9.17) is 4.74 Å². The van der Waals surface area contributed by atoms with Gasteiger partial charge in [0, 0.05) is 5.39 Å². The number of pyridine rings is 1. The van der Waals surface area contributed by atoms with Gasteiger partial charge in [0.1, 0.15) is 11.5 Å². The summed E-state index contributed by atoms with van der Waals surface area (Å²) in [5.41, 5.74) is 4.27. The third-order valence-corrected chi connectivity index (χ3v) is 8.27. The molecule has 10 heteroatoms. The second kappa shape index (κ2) is 10.7. The summed E-state index contributed by atoms with van der Waals surface area (Å²) in [4.78, 5) is 30.6. The van der Waals surface area contributed by atoms with E-state index < -0.39 is 11.2 Å². The monoisotopic (exact) mass is 531 g/mol. The molecule has 0 radical (unpaired) electrons. The Morgan fingerprint density at radius 3 is 2.62 bits per heavy atom. The van der Waals surface area contributed by atoms with Gasteiger partial charge in [-0.25, -0.2) is 9.78 Å². The summed E-state index contributed by atoms with van der Waals surface area (Å²) in [7, 11) is 0. The maximum absolute atomic E-state index is 13.2. The van der Waals surface area contributed by atoms with Crippen LogP contribution in [0.5, 0.6) is 0 Å². The third kappa shape index (κ3) is 5.21. The summed E-state index contributed by atoms with van der Waals surface area (Å²) in [5, 5.41) is 13.3. The van der Waals surface area contributed by atoms with E-state index in [0.717, 1.165) is 39.0 Å². The molecule has 5 aromatic rings. The number of amides is 1. The summed E-state index contributed by atoms with van der Waals surface area (Å²) in [6.45, 7) is 5.90. The Morgan fingerprint density at radius 2 is 1.84 bits per heavy atom. The van der Waals surface area contributed by atoms with Crippen LogP contribution in [0, 0.1) is 13.8 Å². The van der Waals surface area contributed by atoms with Crippen LogP contribution >= 0.6 is 23.1 Å². The first-order valence-corrected chi connectivity index (χ1v) is 13.5. The molecular weight excluding hydrogens is 506 g/mol. The molecule has 1 N–H and O–H groups in total. The van der Waals surface area contributed by atoms with Crippen molar-refractivity contribution in [3.8, 4) is 0 Å². The zero-order chi connectivity index (χ0) is 25.9. The van der Waals surface area contributed by atoms with Crippen molar-refractivity contribution in [1.82, 2.24) is 19.6 Å². The Balaban J connectivity index is 1.30. The van der Waals surface area contributed by atoms with Gasteiger partial charge in [0.2, 0.25) is 5.91 Å². The van der Waals surface area contributed by atoms with Crippen LogP contribution in [0.15, 0.2) is 65.8 Å². The van der Waals surface area contributed by atoms with Crippen molar-refractivity contribution < 1.29 is 14.3 Å². The zero-order valence-corrected chi connectivity index (χ0v) is 22.2. The highest BCUT2D eigenvalue weighted by Crippen LogP contribution is 2.31. The Morgan fingerprint density at radius 1 is 1.08 bits per heavy atom. The molecule has 0 bridgehead atoms. The zero-order valence-electron chi connectivity index (χ0n) is 20.6. The van der Waals surface area contributed by atoms with E-state index in [9.17, 15) is 9.59 Å². The molecule has 5 rings (SSSR count). The predicted molar refractivity (Wildman–Crippen MR) is 146 cm³/mol. The van der Waals surface area contributed by atoms with Gasteiger partial charge in [-0.2, -0.15) is 0 Å². The molecule has 0 saturated carbocycles. The molecule has 0 aliphatic heterocycles. The molecule has 0 saturated heterocycles. The lowest BCUT2D eigenvalue weighted by atomic mass is 10.1. The first-order valence-electron chi connectivity index (χ1n) is 11.8. The Kier molecular flexibility index (Phi) is 7.20. The van der Waals surface area contributed by atoms with Crippen molar-refractivity contribution in [1.29, 1.82) is 0 Å². The molecule has 1 amide bonds. The number of esters is 1. The Labute approximate surface area is 222 Å². The van der Waals surface area contributed by atoms with Crippen molar-refractivity contribution in [3.05, 3.63) is 82.4 Å². The number of aryl methyl sites for hydroxylation is 2. The maximum atomic E-state index is 13.2. The second-order valence-electron chi connectivity index (χ2n) is 8.52. The number of carbonyl (C=O) groups is 2. The third-order valence-electron chi connectivity index (χ3n) is 5.91. The number of rotatable bonds is 8. The van der Waals surface area contributed by atoms with Gasteiger partial charge in [-0.15, -0.1) is 10.2 Å². The summed E-state index contributed by atoms with van der Waals surface area (Å²) < 4.78 is 7.42. The number of carbonyl (C=O) groups excluding carboxylic acids is 2. The molecule has 1 unspecified atom stereocenters. The number of ether oxygens (including phenoxy) is 1. The van der Waals surface area contributed by atoms with Crippen molar-refractivity contribution >= 4 is 56.7 Å². The van der Waals surface area contributed by atoms with Gasteiger partial charge in [0.05, 0.1) is 16.5 Å². The molecule has 2 aromatic carbocycles. The van der Waals surface area contributed by atoms with E-state index in [-0.39, 0.29) is 12.5 Å². The van der Waals surface area contributed by atoms with E-state index in [1.165, 1.54) is 11.8 Å². The number of hydrogen-bond acceptors (Lipinski definition) is 8. The molecule has 0 fully saturated rings. The number of thioether (sulfide) groups is 1. The number of benzene rings is 2. The molecule has 0 aliphatic carbocycles. The second-order valence-corrected chi connectivity index (χ2v) is 10.7. The minimum atomic E-state index is -0.460. The molecule has 3 heterocycles. The largest absolute Gasteiger partial charge is 0.457 e. The van der Waals surface area contributed by atoms with Gasteiger partial charge >= 0.3 is 5.97 Å².